The number of benzene rings is 2. The van der Waals surface area contributed by atoms with Gasteiger partial charge in [-0.2, -0.15) is 0 Å². The quantitative estimate of drug-likeness (QED) is 0.649. The number of ketones is 1. The van der Waals surface area contributed by atoms with Crippen molar-refractivity contribution in [1.82, 2.24) is 0 Å². The highest BCUT2D eigenvalue weighted by Crippen LogP contribution is 2.26. The van der Waals surface area contributed by atoms with E-state index in [0.717, 1.165) is 42.6 Å². The molecule has 0 aliphatic heterocycles. The molecule has 0 bridgehead atoms. The van der Waals surface area contributed by atoms with Crippen LogP contribution in [0.5, 0.6) is 5.75 Å². The number of hydrogen-bond donors (Lipinski definition) is 0. The standard InChI is InChI=1S/C24H26O2/c1-2-26-23-16-12-20(13-17-23)8-9-21-11-15-22(24(25)18-21)14-10-19-6-4-3-5-7-19/h3-9,12-13,16-18,22H,2,10-11,14-15H2,1H3/b9-8+. The van der Waals surface area contributed by atoms with Gasteiger partial charge in [0.2, 0.25) is 0 Å². The third-order valence-electron chi connectivity index (χ3n) is 4.82. The highest BCUT2D eigenvalue weighted by molar-refractivity contribution is 5.93. The van der Waals surface area contributed by atoms with Gasteiger partial charge >= 0.3 is 0 Å². The molecule has 0 fully saturated rings. The maximum atomic E-state index is 12.4. The zero-order valence-corrected chi connectivity index (χ0v) is 15.4. The van der Waals surface area contributed by atoms with E-state index in [1.165, 1.54) is 5.56 Å². The Labute approximate surface area is 156 Å². The zero-order valence-electron chi connectivity index (χ0n) is 15.4. The molecule has 0 saturated heterocycles. The first-order valence-corrected chi connectivity index (χ1v) is 9.44. The van der Waals surface area contributed by atoms with Gasteiger partial charge in [0.25, 0.3) is 0 Å². The van der Waals surface area contributed by atoms with E-state index >= 15 is 0 Å². The number of allylic oxidation sites excluding steroid dienone is 3. The van der Waals surface area contributed by atoms with Gasteiger partial charge in [-0.1, -0.05) is 54.6 Å². The van der Waals surface area contributed by atoms with E-state index in [-0.39, 0.29) is 11.7 Å². The topological polar surface area (TPSA) is 26.3 Å². The predicted octanol–water partition coefficient (Wildman–Crippen LogP) is 5.64. The van der Waals surface area contributed by atoms with Crippen molar-refractivity contribution in [2.24, 2.45) is 5.92 Å². The van der Waals surface area contributed by atoms with Gasteiger partial charge in [-0.05, 0) is 67.5 Å². The Balaban J connectivity index is 1.54. The van der Waals surface area contributed by atoms with Crippen molar-refractivity contribution in [2.75, 3.05) is 6.61 Å². The molecule has 2 aromatic carbocycles. The molecule has 0 spiro atoms. The molecule has 2 nitrogen and oxygen atoms in total. The monoisotopic (exact) mass is 346 g/mol. The lowest BCUT2D eigenvalue weighted by Gasteiger charge is -2.19. The summed E-state index contributed by atoms with van der Waals surface area (Å²) in [6, 6.07) is 18.4. The van der Waals surface area contributed by atoms with Crippen LogP contribution in [0.2, 0.25) is 0 Å². The SMILES string of the molecule is CCOc1ccc(/C=C/C2=CC(=O)C(CCc3ccccc3)CC2)cc1. The molecule has 0 saturated carbocycles. The fourth-order valence-corrected chi connectivity index (χ4v) is 3.30. The van der Waals surface area contributed by atoms with Crippen molar-refractivity contribution < 1.29 is 9.53 Å². The first kappa shape index (κ1) is 18.2. The first-order chi connectivity index (χ1) is 12.7. The highest BCUT2D eigenvalue weighted by atomic mass is 16.5. The van der Waals surface area contributed by atoms with Gasteiger partial charge in [-0.15, -0.1) is 0 Å². The molecule has 26 heavy (non-hydrogen) atoms. The molecule has 134 valence electrons. The van der Waals surface area contributed by atoms with Crippen molar-refractivity contribution in [1.29, 1.82) is 0 Å². The minimum atomic E-state index is 0.165. The normalized spacial score (nSPS) is 17.3. The van der Waals surface area contributed by atoms with Crippen LogP contribution in [0.1, 0.15) is 37.3 Å². The predicted molar refractivity (Wildman–Crippen MR) is 107 cm³/mol. The van der Waals surface area contributed by atoms with Crippen LogP contribution >= 0.6 is 0 Å². The van der Waals surface area contributed by atoms with Gasteiger partial charge in [-0.3, -0.25) is 4.79 Å². The van der Waals surface area contributed by atoms with Gasteiger partial charge in [0.1, 0.15) is 5.75 Å². The average Bonchev–Trinajstić information content (AvgIpc) is 2.68. The summed E-state index contributed by atoms with van der Waals surface area (Å²) in [6.45, 7) is 2.66. The molecule has 1 aliphatic rings. The molecule has 2 heteroatoms. The number of ether oxygens (including phenoxy) is 1. The largest absolute Gasteiger partial charge is 0.494 e. The fraction of sp³-hybridized carbons (Fsp3) is 0.292. The van der Waals surface area contributed by atoms with Gasteiger partial charge in [0.05, 0.1) is 6.61 Å². The molecule has 3 rings (SSSR count). The van der Waals surface area contributed by atoms with Crippen LogP contribution < -0.4 is 4.74 Å². The highest BCUT2D eigenvalue weighted by Gasteiger charge is 2.21. The molecule has 0 radical (unpaired) electrons. The second-order valence-corrected chi connectivity index (χ2v) is 6.72. The second kappa shape index (κ2) is 9.19. The summed E-state index contributed by atoms with van der Waals surface area (Å²) in [5.41, 5.74) is 3.55. The number of carbonyl (C=O) groups excluding carboxylic acids is 1. The molecular formula is C24H26O2. The number of rotatable bonds is 7. The van der Waals surface area contributed by atoms with Crippen molar-refractivity contribution >= 4 is 11.9 Å². The third-order valence-corrected chi connectivity index (χ3v) is 4.82. The van der Waals surface area contributed by atoms with E-state index in [1.54, 1.807) is 0 Å². The van der Waals surface area contributed by atoms with Gasteiger partial charge in [0.15, 0.2) is 5.78 Å². The summed E-state index contributed by atoms with van der Waals surface area (Å²) in [5.74, 6) is 1.33. The van der Waals surface area contributed by atoms with E-state index in [0.29, 0.717) is 6.61 Å². The third kappa shape index (κ3) is 5.19. The zero-order chi connectivity index (χ0) is 18.2. The molecule has 1 unspecified atom stereocenters. The van der Waals surface area contributed by atoms with Crippen LogP contribution in [0.3, 0.4) is 0 Å². The van der Waals surface area contributed by atoms with E-state index in [4.69, 9.17) is 4.74 Å². The summed E-state index contributed by atoms with van der Waals surface area (Å²) < 4.78 is 5.46. The van der Waals surface area contributed by atoms with Crippen molar-refractivity contribution in [3.8, 4) is 5.75 Å². The van der Waals surface area contributed by atoms with Crippen LogP contribution in [0.4, 0.5) is 0 Å². The Bertz CT molecular complexity index is 770. The van der Waals surface area contributed by atoms with Gasteiger partial charge < -0.3 is 4.74 Å². The molecular weight excluding hydrogens is 320 g/mol. The van der Waals surface area contributed by atoms with Gasteiger partial charge in [0, 0.05) is 5.92 Å². The van der Waals surface area contributed by atoms with Crippen LogP contribution in [-0.4, -0.2) is 12.4 Å². The van der Waals surface area contributed by atoms with Crippen LogP contribution in [0, 0.1) is 5.92 Å². The Morgan fingerprint density at radius 3 is 2.50 bits per heavy atom. The first-order valence-electron chi connectivity index (χ1n) is 9.44. The summed E-state index contributed by atoms with van der Waals surface area (Å²) >= 11 is 0. The maximum absolute atomic E-state index is 12.4. The maximum Gasteiger partial charge on any atom is 0.159 e. The lowest BCUT2D eigenvalue weighted by atomic mass is 9.84. The fourth-order valence-electron chi connectivity index (χ4n) is 3.30. The summed E-state index contributed by atoms with van der Waals surface area (Å²) in [4.78, 5) is 12.4. The molecule has 1 aliphatic carbocycles. The Kier molecular flexibility index (Phi) is 6.43. The van der Waals surface area contributed by atoms with E-state index in [2.05, 4.69) is 36.4 Å². The molecule has 0 amide bonds. The minimum Gasteiger partial charge on any atom is -0.494 e. The molecule has 2 aromatic rings. The molecule has 0 aromatic heterocycles. The van der Waals surface area contributed by atoms with E-state index in [9.17, 15) is 4.79 Å². The number of carbonyl (C=O) groups is 1. The average molecular weight is 346 g/mol. The van der Waals surface area contributed by atoms with Gasteiger partial charge in [-0.25, -0.2) is 0 Å². The van der Waals surface area contributed by atoms with Crippen molar-refractivity contribution in [3.05, 3.63) is 83.4 Å². The van der Waals surface area contributed by atoms with Crippen molar-refractivity contribution in [3.63, 3.8) is 0 Å². The van der Waals surface area contributed by atoms with E-state index < -0.39 is 0 Å². The van der Waals surface area contributed by atoms with Crippen LogP contribution in [0.25, 0.3) is 6.08 Å². The second-order valence-electron chi connectivity index (χ2n) is 6.72. The molecule has 0 heterocycles. The Morgan fingerprint density at radius 1 is 1.04 bits per heavy atom. The van der Waals surface area contributed by atoms with E-state index in [1.807, 2.05) is 43.3 Å². The summed E-state index contributed by atoms with van der Waals surface area (Å²) in [7, 11) is 0. The Morgan fingerprint density at radius 2 is 1.81 bits per heavy atom. The summed E-state index contributed by atoms with van der Waals surface area (Å²) in [6.07, 6.45) is 9.81. The number of hydrogen-bond acceptors (Lipinski definition) is 2. The van der Waals surface area contributed by atoms with Crippen LogP contribution in [-0.2, 0) is 11.2 Å². The number of aryl methyl sites for hydroxylation is 1. The Hall–Kier alpha value is -2.61. The minimum absolute atomic E-state index is 0.165. The van der Waals surface area contributed by atoms with Crippen LogP contribution in [0.15, 0.2) is 72.3 Å². The molecule has 0 N–H and O–H groups in total. The smallest absolute Gasteiger partial charge is 0.159 e. The lowest BCUT2D eigenvalue weighted by molar-refractivity contribution is -0.119. The van der Waals surface area contributed by atoms with Crippen molar-refractivity contribution in [2.45, 2.75) is 32.6 Å². The summed E-state index contributed by atoms with van der Waals surface area (Å²) in [5, 5.41) is 0. The lowest BCUT2D eigenvalue weighted by Crippen LogP contribution is -2.17. The molecule has 1 atom stereocenters.